The van der Waals surface area contributed by atoms with Crippen LogP contribution in [0.25, 0.3) is 0 Å². The Balaban J connectivity index is 1.85. The summed E-state index contributed by atoms with van der Waals surface area (Å²) in [6, 6.07) is 18.8. The van der Waals surface area contributed by atoms with E-state index in [0.29, 0.717) is 12.3 Å². The lowest BCUT2D eigenvalue weighted by Gasteiger charge is -2.21. The molecule has 0 heterocycles. The molecule has 1 amide bonds. The van der Waals surface area contributed by atoms with E-state index < -0.39 is 0 Å². The molecule has 0 radical (unpaired) electrons. The van der Waals surface area contributed by atoms with Crippen molar-refractivity contribution in [2.75, 3.05) is 5.75 Å². The van der Waals surface area contributed by atoms with Gasteiger partial charge < -0.3 is 5.32 Å². The topological polar surface area (TPSA) is 29.1 Å². The van der Waals surface area contributed by atoms with E-state index in [1.165, 1.54) is 16.0 Å². The lowest BCUT2D eigenvalue weighted by atomic mass is 9.97. The van der Waals surface area contributed by atoms with Crippen molar-refractivity contribution < 1.29 is 4.79 Å². The molecule has 0 unspecified atom stereocenters. The molecule has 0 saturated carbocycles. The molecule has 0 aliphatic heterocycles. The minimum atomic E-state index is 0.100. The van der Waals surface area contributed by atoms with Gasteiger partial charge in [-0.1, -0.05) is 61.9 Å². The lowest BCUT2D eigenvalue weighted by Crippen LogP contribution is -2.29. The molecule has 2 aromatic carbocycles. The molecular weight excluding hydrogens is 314 g/mol. The first kappa shape index (κ1) is 18.6. The monoisotopic (exact) mass is 341 g/mol. The average molecular weight is 342 g/mol. The highest BCUT2D eigenvalue weighted by Crippen LogP contribution is 2.22. The number of carbonyl (C=O) groups excluding carboxylic acids is 1. The number of nitrogens with one attached hydrogen (secondary N) is 1. The second-order valence-electron chi connectivity index (χ2n) is 6.57. The van der Waals surface area contributed by atoms with Crippen LogP contribution in [-0.4, -0.2) is 11.7 Å². The number of aryl methyl sites for hydroxylation is 1. The molecule has 2 aromatic rings. The zero-order valence-corrected chi connectivity index (χ0v) is 15.6. The van der Waals surface area contributed by atoms with Crippen LogP contribution in [0.1, 0.15) is 43.9 Å². The highest BCUT2D eigenvalue weighted by Gasteiger charge is 2.15. The number of hydrogen-bond acceptors (Lipinski definition) is 2. The predicted octanol–water partition coefficient (Wildman–Crippen LogP) is 5.38. The summed E-state index contributed by atoms with van der Waals surface area (Å²) in [5.41, 5.74) is 2.45. The van der Waals surface area contributed by atoms with Gasteiger partial charge in [0.25, 0.3) is 0 Å². The third-order valence-corrected chi connectivity index (χ3v) is 4.88. The minimum Gasteiger partial charge on any atom is -0.349 e. The van der Waals surface area contributed by atoms with Gasteiger partial charge in [0.1, 0.15) is 0 Å². The van der Waals surface area contributed by atoms with Crippen LogP contribution in [-0.2, 0) is 4.79 Å². The molecule has 0 aliphatic carbocycles. The molecule has 3 heteroatoms. The van der Waals surface area contributed by atoms with E-state index in [9.17, 15) is 4.79 Å². The zero-order valence-electron chi connectivity index (χ0n) is 14.8. The van der Waals surface area contributed by atoms with Crippen LogP contribution in [0.4, 0.5) is 0 Å². The SMILES string of the molecule is Cc1ccc(SCCC(=O)N[C@@H](CC(C)C)c2ccccc2)cc1. The van der Waals surface area contributed by atoms with Gasteiger partial charge in [0.15, 0.2) is 0 Å². The lowest BCUT2D eigenvalue weighted by molar-refractivity contribution is -0.121. The fourth-order valence-corrected chi connectivity index (χ4v) is 3.45. The Bertz CT molecular complexity index is 622. The van der Waals surface area contributed by atoms with Gasteiger partial charge in [0, 0.05) is 17.1 Å². The molecule has 128 valence electrons. The first-order valence-electron chi connectivity index (χ1n) is 8.58. The Morgan fingerprint density at radius 1 is 1.04 bits per heavy atom. The second kappa shape index (κ2) is 9.53. The number of amides is 1. The van der Waals surface area contributed by atoms with Crippen molar-refractivity contribution in [1.82, 2.24) is 5.32 Å². The first-order valence-corrected chi connectivity index (χ1v) is 9.57. The van der Waals surface area contributed by atoms with Crippen LogP contribution in [0.3, 0.4) is 0 Å². The van der Waals surface area contributed by atoms with Crippen molar-refractivity contribution in [3.63, 3.8) is 0 Å². The fraction of sp³-hybridized carbons (Fsp3) is 0.381. The smallest absolute Gasteiger partial charge is 0.221 e. The van der Waals surface area contributed by atoms with Gasteiger partial charge in [-0.25, -0.2) is 0 Å². The molecule has 0 aliphatic rings. The van der Waals surface area contributed by atoms with Crippen LogP contribution >= 0.6 is 11.8 Å². The van der Waals surface area contributed by atoms with Gasteiger partial charge in [-0.05, 0) is 37.0 Å². The Morgan fingerprint density at radius 2 is 1.71 bits per heavy atom. The molecule has 1 atom stereocenters. The summed E-state index contributed by atoms with van der Waals surface area (Å²) in [6.45, 7) is 6.46. The molecule has 1 N–H and O–H groups in total. The Kier molecular flexibility index (Phi) is 7.38. The molecule has 2 nitrogen and oxygen atoms in total. The molecule has 0 fully saturated rings. The van der Waals surface area contributed by atoms with Gasteiger partial charge in [-0.3, -0.25) is 4.79 Å². The number of rotatable bonds is 8. The van der Waals surface area contributed by atoms with Crippen LogP contribution in [0, 0.1) is 12.8 Å². The summed E-state index contributed by atoms with van der Waals surface area (Å²) < 4.78 is 0. The standard InChI is InChI=1S/C21H27NOS/c1-16(2)15-20(18-7-5-4-6-8-18)22-21(23)13-14-24-19-11-9-17(3)10-12-19/h4-12,16,20H,13-15H2,1-3H3,(H,22,23)/t20-/m0/s1. The van der Waals surface area contributed by atoms with E-state index in [4.69, 9.17) is 0 Å². The summed E-state index contributed by atoms with van der Waals surface area (Å²) in [5.74, 6) is 1.47. The molecule has 0 spiro atoms. The van der Waals surface area contributed by atoms with Crippen LogP contribution in [0.15, 0.2) is 59.5 Å². The maximum atomic E-state index is 12.3. The molecular formula is C21H27NOS. The van der Waals surface area contributed by atoms with Crippen molar-refractivity contribution in [1.29, 1.82) is 0 Å². The maximum absolute atomic E-state index is 12.3. The van der Waals surface area contributed by atoms with Crippen molar-refractivity contribution in [2.24, 2.45) is 5.92 Å². The fourth-order valence-electron chi connectivity index (χ4n) is 2.60. The maximum Gasteiger partial charge on any atom is 0.221 e. The van der Waals surface area contributed by atoms with Gasteiger partial charge >= 0.3 is 0 Å². The summed E-state index contributed by atoms with van der Waals surface area (Å²) in [6.07, 6.45) is 1.50. The van der Waals surface area contributed by atoms with Crippen molar-refractivity contribution in [3.05, 3.63) is 65.7 Å². The predicted molar refractivity (Wildman–Crippen MR) is 103 cm³/mol. The average Bonchev–Trinajstić information content (AvgIpc) is 2.56. The number of benzene rings is 2. The summed E-state index contributed by atoms with van der Waals surface area (Å²) in [4.78, 5) is 13.5. The van der Waals surface area contributed by atoms with Crippen molar-refractivity contribution in [2.45, 2.75) is 44.6 Å². The molecule has 24 heavy (non-hydrogen) atoms. The van der Waals surface area contributed by atoms with Crippen LogP contribution in [0.2, 0.25) is 0 Å². The minimum absolute atomic E-state index is 0.100. The highest BCUT2D eigenvalue weighted by molar-refractivity contribution is 7.99. The zero-order chi connectivity index (χ0) is 17.4. The van der Waals surface area contributed by atoms with E-state index in [-0.39, 0.29) is 11.9 Å². The third-order valence-electron chi connectivity index (χ3n) is 3.86. The van der Waals surface area contributed by atoms with Crippen molar-refractivity contribution >= 4 is 17.7 Å². The van der Waals surface area contributed by atoms with E-state index in [2.05, 4.69) is 62.5 Å². The van der Waals surface area contributed by atoms with E-state index in [1.807, 2.05) is 18.2 Å². The quantitative estimate of drug-likeness (QED) is 0.653. The van der Waals surface area contributed by atoms with Gasteiger partial charge in [0.2, 0.25) is 5.91 Å². The highest BCUT2D eigenvalue weighted by atomic mass is 32.2. The third kappa shape index (κ3) is 6.40. The number of carbonyl (C=O) groups is 1. The number of thioether (sulfide) groups is 1. The van der Waals surface area contributed by atoms with Gasteiger partial charge in [0.05, 0.1) is 6.04 Å². The van der Waals surface area contributed by atoms with E-state index in [0.717, 1.165) is 12.2 Å². The second-order valence-corrected chi connectivity index (χ2v) is 7.74. The largest absolute Gasteiger partial charge is 0.349 e. The Morgan fingerprint density at radius 3 is 2.33 bits per heavy atom. The summed E-state index contributed by atoms with van der Waals surface area (Å²) in [5, 5.41) is 3.21. The molecule has 2 rings (SSSR count). The molecule has 0 saturated heterocycles. The van der Waals surface area contributed by atoms with Gasteiger partial charge in [-0.15, -0.1) is 11.8 Å². The van der Waals surface area contributed by atoms with Crippen LogP contribution in [0.5, 0.6) is 0 Å². The normalized spacial score (nSPS) is 12.2. The first-order chi connectivity index (χ1) is 11.5. The van der Waals surface area contributed by atoms with Gasteiger partial charge in [-0.2, -0.15) is 0 Å². The van der Waals surface area contributed by atoms with Crippen molar-refractivity contribution in [3.8, 4) is 0 Å². The summed E-state index contributed by atoms with van der Waals surface area (Å²) in [7, 11) is 0. The van der Waals surface area contributed by atoms with Crippen LogP contribution < -0.4 is 5.32 Å². The summed E-state index contributed by atoms with van der Waals surface area (Å²) >= 11 is 1.73. The Labute approximate surface area is 150 Å². The Hall–Kier alpha value is -1.74. The van der Waals surface area contributed by atoms with E-state index >= 15 is 0 Å². The molecule has 0 aromatic heterocycles. The molecule has 0 bridgehead atoms. The number of hydrogen-bond donors (Lipinski definition) is 1. The van der Waals surface area contributed by atoms with E-state index in [1.54, 1.807) is 11.8 Å².